The first-order chi connectivity index (χ1) is 14.8. The molecule has 31 heavy (non-hydrogen) atoms. The Morgan fingerprint density at radius 2 is 1.97 bits per heavy atom. The summed E-state index contributed by atoms with van der Waals surface area (Å²) in [6, 6.07) is 14.0. The van der Waals surface area contributed by atoms with Crippen LogP contribution in [0, 0.1) is 13.8 Å². The van der Waals surface area contributed by atoms with Gasteiger partial charge in [-0.2, -0.15) is 5.10 Å². The molecule has 1 amide bonds. The summed E-state index contributed by atoms with van der Waals surface area (Å²) in [7, 11) is 1.58. The number of amides is 1. The number of hydrogen-bond donors (Lipinski definition) is 2. The molecule has 0 radical (unpaired) electrons. The predicted molar refractivity (Wildman–Crippen MR) is 120 cm³/mol. The summed E-state index contributed by atoms with van der Waals surface area (Å²) in [5.74, 6) is -0.623. The van der Waals surface area contributed by atoms with E-state index in [0.717, 1.165) is 28.2 Å². The van der Waals surface area contributed by atoms with Crippen molar-refractivity contribution < 1.29 is 19.4 Å². The van der Waals surface area contributed by atoms with Crippen LogP contribution in [0.15, 0.2) is 53.6 Å². The van der Waals surface area contributed by atoms with Gasteiger partial charge in [0.15, 0.2) is 0 Å². The largest absolute Gasteiger partial charge is 0.497 e. The molecule has 0 unspecified atom stereocenters. The summed E-state index contributed by atoms with van der Waals surface area (Å²) >= 11 is 6.11. The van der Waals surface area contributed by atoms with E-state index in [1.54, 1.807) is 31.5 Å². The number of aromatic nitrogens is 1. The first-order valence-electron chi connectivity index (χ1n) is 9.47. The zero-order valence-corrected chi connectivity index (χ0v) is 18.1. The van der Waals surface area contributed by atoms with Crippen LogP contribution in [0.2, 0.25) is 5.02 Å². The van der Waals surface area contributed by atoms with Gasteiger partial charge in [0.2, 0.25) is 5.91 Å². The summed E-state index contributed by atoms with van der Waals surface area (Å²) in [5, 5.41) is 13.4. The fourth-order valence-corrected chi connectivity index (χ4v) is 3.57. The number of carboxylic acids is 1. The lowest BCUT2D eigenvalue weighted by Crippen LogP contribution is -2.19. The maximum Gasteiger partial charge on any atom is 0.337 e. The molecular formula is C23H22ClN3O4. The molecule has 2 aromatic carbocycles. The third-order valence-electron chi connectivity index (χ3n) is 4.80. The SMILES string of the molecule is COc1cccc(CC(=O)N/N=C/c2cc(C)n(-c3ccc(C(=O)O)c(Cl)c3)c2C)c1. The van der Waals surface area contributed by atoms with Crippen molar-refractivity contribution in [2.75, 3.05) is 7.11 Å². The van der Waals surface area contributed by atoms with Crippen LogP contribution in [-0.4, -0.2) is 34.9 Å². The van der Waals surface area contributed by atoms with Gasteiger partial charge in [-0.25, -0.2) is 10.2 Å². The number of carboxylic acid groups (broad SMARTS) is 1. The average Bonchev–Trinajstić information content (AvgIpc) is 3.01. The Labute approximate surface area is 184 Å². The van der Waals surface area contributed by atoms with Crippen molar-refractivity contribution in [1.82, 2.24) is 9.99 Å². The molecule has 0 fully saturated rings. The molecule has 2 N–H and O–H groups in total. The predicted octanol–water partition coefficient (Wildman–Crippen LogP) is 4.15. The van der Waals surface area contributed by atoms with Crippen LogP contribution < -0.4 is 10.2 Å². The number of benzene rings is 2. The fraction of sp³-hybridized carbons (Fsp3) is 0.174. The van der Waals surface area contributed by atoms with E-state index in [1.165, 1.54) is 6.07 Å². The zero-order chi connectivity index (χ0) is 22.5. The normalized spacial score (nSPS) is 11.0. The molecular weight excluding hydrogens is 418 g/mol. The lowest BCUT2D eigenvalue weighted by Gasteiger charge is -2.11. The smallest absolute Gasteiger partial charge is 0.337 e. The molecule has 0 saturated carbocycles. The number of nitrogens with one attached hydrogen (secondary N) is 1. The first kappa shape index (κ1) is 22.1. The quantitative estimate of drug-likeness (QED) is 0.427. The van der Waals surface area contributed by atoms with Crippen molar-refractivity contribution in [2.45, 2.75) is 20.3 Å². The number of aromatic carboxylic acids is 1. The summed E-state index contributed by atoms with van der Waals surface area (Å²) in [6.45, 7) is 3.83. The topological polar surface area (TPSA) is 92.9 Å². The van der Waals surface area contributed by atoms with Crippen LogP contribution in [0.1, 0.15) is 32.9 Å². The highest BCUT2D eigenvalue weighted by Crippen LogP contribution is 2.25. The Balaban J connectivity index is 1.73. The Morgan fingerprint density at radius 1 is 1.19 bits per heavy atom. The summed E-state index contributed by atoms with van der Waals surface area (Å²) in [4.78, 5) is 23.4. The van der Waals surface area contributed by atoms with Crippen molar-refractivity contribution in [3.8, 4) is 11.4 Å². The zero-order valence-electron chi connectivity index (χ0n) is 17.3. The summed E-state index contributed by atoms with van der Waals surface area (Å²) in [6.07, 6.45) is 1.76. The molecule has 7 nitrogen and oxygen atoms in total. The van der Waals surface area contributed by atoms with E-state index in [-0.39, 0.29) is 22.9 Å². The summed E-state index contributed by atoms with van der Waals surface area (Å²) in [5.41, 5.74) is 6.77. The van der Waals surface area contributed by atoms with E-state index < -0.39 is 5.97 Å². The minimum absolute atomic E-state index is 0.0495. The molecule has 0 atom stereocenters. The molecule has 160 valence electrons. The van der Waals surface area contributed by atoms with Crippen molar-refractivity contribution >= 4 is 29.7 Å². The highest BCUT2D eigenvalue weighted by molar-refractivity contribution is 6.33. The second-order valence-corrected chi connectivity index (χ2v) is 7.36. The standard InChI is InChI=1S/C23H22ClN3O4/c1-14-9-17(13-25-26-22(28)11-16-5-4-6-19(10-16)31-3)15(2)27(14)18-7-8-20(23(29)30)21(24)12-18/h4-10,12-13H,11H2,1-3H3,(H,26,28)(H,29,30)/b25-13+. The Bertz CT molecular complexity index is 1170. The molecule has 0 spiro atoms. The van der Waals surface area contributed by atoms with Gasteiger partial charge >= 0.3 is 5.97 Å². The number of aryl methyl sites for hydroxylation is 1. The molecule has 3 aromatic rings. The lowest BCUT2D eigenvalue weighted by molar-refractivity contribution is -0.120. The molecule has 0 aliphatic rings. The number of ether oxygens (including phenoxy) is 1. The van der Waals surface area contributed by atoms with Crippen molar-refractivity contribution in [3.05, 3.63) is 81.6 Å². The van der Waals surface area contributed by atoms with Crippen LogP contribution in [0.3, 0.4) is 0 Å². The Kier molecular flexibility index (Phi) is 6.77. The van der Waals surface area contributed by atoms with E-state index >= 15 is 0 Å². The molecule has 0 aliphatic carbocycles. The highest BCUT2D eigenvalue weighted by atomic mass is 35.5. The number of hydrazone groups is 1. The molecule has 0 bridgehead atoms. The number of methoxy groups -OCH3 is 1. The van der Waals surface area contributed by atoms with E-state index in [1.807, 2.05) is 42.7 Å². The summed E-state index contributed by atoms with van der Waals surface area (Å²) < 4.78 is 7.10. The van der Waals surface area contributed by atoms with Crippen LogP contribution in [-0.2, 0) is 11.2 Å². The van der Waals surface area contributed by atoms with E-state index in [2.05, 4.69) is 10.5 Å². The van der Waals surface area contributed by atoms with Crippen molar-refractivity contribution in [2.24, 2.45) is 5.10 Å². The van der Waals surface area contributed by atoms with Gasteiger partial charge in [-0.15, -0.1) is 0 Å². The molecule has 8 heteroatoms. The van der Waals surface area contributed by atoms with Gasteiger partial charge in [0.05, 0.1) is 30.3 Å². The third-order valence-corrected chi connectivity index (χ3v) is 5.12. The maximum absolute atomic E-state index is 12.2. The monoisotopic (exact) mass is 439 g/mol. The molecule has 0 aliphatic heterocycles. The number of nitrogens with zero attached hydrogens (tertiary/aromatic N) is 2. The van der Waals surface area contributed by atoms with Crippen LogP contribution in [0.25, 0.3) is 5.69 Å². The number of halogens is 1. The highest BCUT2D eigenvalue weighted by Gasteiger charge is 2.13. The van der Waals surface area contributed by atoms with Crippen LogP contribution in [0.5, 0.6) is 5.75 Å². The maximum atomic E-state index is 12.2. The van der Waals surface area contributed by atoms with Gasteiger partial charge < -0.3 is 14.4 Å². The number of hydrogen-bond acceptors (Lipinski definition) is 4. The second kappa shape index (κ2) is 9.49. The van der Waals surface area contributed by atoms with Crippen LogP contribution >= 0.6 is 11.6 Å². The third kappa shape index (κ3) is 5.13. The number of carbonyl (C=O) groups excluding carboxylic acids is 1. The molecule has 0 saturated heterocycles. The van der Waals surface area contributed by atoms with Gasteiger partial charge in [0, 0.05) is 22.6 Å². The average molecular weight is 440 g/mol. The van der Waals surface area contributed by atoms with Gasteiger partial charge in [-0.1, -0.05) is 23.7 Å². The van der Waals surface area contributed by atoms with Gasteiger partial charge in [0.25, 0.3) is 0 Å². The Morgan fingerprint density at radius 3 is 2.65 bits per heavy atom. The number of rotatable bonds is 7. The minimum atomic E-state index is -1.07. The Hall–Kier alpha value is -3.58. The molecule has 1 aromatic heterocycles. The molecule has 3 rings (SSSR count). The van der Waals surface area contributed by atoms with E-state index in [9.17, 15) is 9.59 Å². The van der Waals surface area contributed by atoms with Crippen LogP contribution in [0.4, 0.5) is 0 Å². The fourth-order valence-electron chi connectivity index (χ4n) is 3.31. The molecule has 1 heterocycles. The van der Waals surface area contributed by atoms with Crippen molar-refractivity contribution in [1.29, 1.82) is 0 Å². The van der Waals surface area contributed by atoms with Gasteiger partial charge in [-0.3, -0.25) is 4.79 Å². The lowest BCUT2D eigenvalue weighted by atomic mass is 10.1. The van der Waals surface area contributed by atoms with E-state index in [0.29, 0.717) is 5.75 Å². The van der Waals surface area contributed by atoms with Gasteiger partial charge in [0.1, 0.15) is 5.75 Å². The first-order valence-corrected chi connectivity index (χ1v) is 9.85. The van der Waals surface area contributed by atoms with Gasteiger partial charge in [-0.05, 0) is 55.8 Å². The minimum Gasteiger partial charge on any atom is -0.497 e. The van der Waals surface area contributed by atoms with E-state index in [4.69, 9.17) is 21.4 Å². The number of carbonyl (C=O) groups is 2. The second-order valence-electron chi connectivity index (χ2n) is 6.95. The van der Waals surface area contributed by atoms with Crippen molar-refractivity contribution in [3.63, 3.8) is 0 Å².